The number of allylic oxidation sites excluding steroid dienone is 1. The Hall–Kier alpha value is -9.16. The summed E-state index contributed by atoms with van der Waals surface area (Å²) >= 11 is 0. The zero-order valence-electron chi connectivity index (χ0n) is 57.6. The monoisotopic (exact) mass is 1360 g/mol. The molecule has 3 aromatic carbocycles. The van der Waals surface area contributed by atoms with Crippen LogP contribution in [0.25, 0.3) is 33.9 Å². The summed E-state index contributed by atoms with van der Waals surface area (Å²) < 4.78 is 28.8. The number of nitrogens with zero attached hydrogens (tertiary/aromatic N) is 4. The Labute approximate surface area is 574 Å². The highest BCUT2D eigenvalue weighted by atomic mass is 19.1. The summed E-state index contributed by atoms with van der Waals surface area (Å²) in [6.45, 7) is 14.5. The highest BCUT2D eigenvalue weighted by Gasteiger charge is 2.47. The van der Waals surface area contributed by atoms with Crippen LogP contribution in [0.5, 0.6) is 0 Å². The molecule has 8 amide bonds. The molecule has 1 saturated carbocycles. The van der Waals surface area contributed by atoms with Crippen LogP contribution in [0.2, 0.25) is 0 Å². The van der Waals surface area contributed by atoms with E-state index in [0.29, 0.717) is 60.1 Å². The lowest BCUT2D eigenvalue weighted by Gasteiger charge is -2.47. The van der Waals surface area contributed by atoms with E-state index in [1.165, 1.54) is 16.7 Å². The predicted molar refractivity (Wildman–Crippen MR) is 368 cm³/mol. The number of fused-ring (bicyclic) bond motifs is 7. The molecule has 1 saturated heterocycles. The molecule has 2 fully saturated rings. The molecule has 5 atom stereocenters. The van der Waals surface area contributed by atoms with Crippen molar-refractivity contribution >= 4 is 81.5 Å². The van der Waals surface area contributed by atoms with E-state index in [2.05, 4.69) is 40.3 Å². The van der Waals surface area contributed by atoms with Crippen LogP contribution < -0.4 is 43.2 Å². The van der Waals surface area contributed by atoms with Gasteiger partial charge < -0.3 is 61.7 Å². The molecule has 2 aliphatic carbocycles. The number of carbonyl (C=O) groups excluding carboxylic acids is 9. The van der Waals surface area contributed by atoms with E-state index in [4.69, 9.17) is 25.9 Å². The molecule has 526 valence electrons. The number of halogens is 1. The number of benzene rings is 3. The number of piperidine rings is 1. The fraction of sp³-hybridized carbons (Fsp3) is 0.507. The largest absolute Gasteiger partial charge is 0.458 e. The topological polar surface area (TPSA) is 334 Å². The maximum Gasteiger partial charge on any atom is 0.343 e. The van der Waals surface area contributed by atoms with Crippen molar-refractivity contribution in [3.63, 3.8) is 0 Å². The van der Waals surface area contributed by atoms with E-state index in [9.17, 15) is 53.1 Å². The number of aliphatic hydroxyl groups is 1. The second-order valence-corrected chi connectivity index (χ2v) is 28.9. The van der Waals surface area contributed by atoms with Gasteiger partial charge in [-0.1, -0.05) is 76.2 Å². The van der Waals surface area contributed by atoms with Crippen molar-refractivity contribution in [2.45, 2.75) is 200 Å². The second kappa shape index (κ2) is 28.6. The molecular formula is C75H91FN10O13. The number of primary amides is 2. The molecule has 23 nitrogen and oxygen atoms in total. The van der Waals surface area contributed by atoms with Crippen LogP contribution in [0.1, 0.15) is 194 Å². The van der Waals surface area contributed by atoms with Gasteiger partial charge in [-0.2, -0.15) is 0 Å². The van der Waals surface area contributed by atoms with E-state index >= 15 is 4.39 Å². The van der Waals surface area contributed by atoms with Gasteiger partial charge in [0.15, 0.2) is 5.60 Å². The van der Waals surface area contributed by atoms with Crippen LogP contribution in [0.15, 0.2) is 65.5 Å². The normalized spacial score (nSPS) is 20.2. The number of para-hydroxylation sites is 1. The smallest absolute Gasteiger partial charge is 0.343 e. The van der Waals surface area contributed by atoms with Gasteiger partial charge in [0.1, 0.15) is 24.5 Å². The minimum Gasteiger partial charge on any atom is -0.458 e. The molecule has 6 heterocycles. The van der Waals surface area contributed by atoms with Crippen LogP contribution in [0.4, 0.5) is 10.1 Å². The third-order valence-corrected chi connectivity index (χ3v) is 22.0. The Morgan fingerprint density at radius 2 is 1.52 bits per heavy atom. The Kier molecular flexibility index (Phi) is 20.5. The Morgan fingerprint density at radius 3 is 2.21 bits per heavy atom. The summed E-state index contributed by atoms with van der Waals surface area (Å²) in [5.74, 6) is -6.05. The van der Waals surface area contributed by atoms with Crippen LogP contribution >= 0.6 is 0 Å². The number of anilines is 1. The summed E-state index contributed by atoms with van der Waals surface area (Å²) in [5, 5.41) is 23.2. The molecule has 0 bridgehead atoms. The number of nitrogens with one attached hydrogen (secondary N) is 4. The first-order valence-electron chi connectivity index (χ1n) is 34.7. The van der Waals surface area contributed by atoms with Gasteiger partial charge in [-0.15, -0.1) is 0 Å². The second-order valence-electron chi connectivity index (χ2n) is 28.9. The first-order chi connectivity index (χ1) is 47.1. The summed E-state index contributed by atoms with van der Waals surface area (Å²) in [6.07, 6.45) is 7.16. The summed E-state index contributed by atoms with van der Waals surface area (Å²) in [4.78, 5) is 145. The van der Waals surface area contributed by atoms with Crippen molar-refractivity contribution in [1.29, 1.82) is 0 Å². The van der Waals surface area contributed by atoms with Crippen LogP contribution in [0, 0.1) is 29.5 Å². The van der Waals surface area contributed by atoms with Gasteiger partial charge >= 0.3 is 5.97 Å². The minimum atomic E-state index is -2.11. The van der Waals surface area contributed by atoms with Gasteiger partial charge in [-0.25, -0.2) is 14.2 Å². The van der Waals surface area contributed by atoms with E-state index < -0.39 is 94.5 Å². The fourth-order valence-electron chi connectivity index (χ4n) is 15.5. The molecular weight excluding hydrogens is 1270 g/mol. The lowest BCUT2D eigenvalue weighted by atomic mass is 9.65. The first kappa shape index (κ1) is 71.1. The first-order valence-corrected chi connectivity index (χ1v) is 34.7. The van der Waals surface area contributed by atoms with Crippen LogP contribution in [-0.2, 0) is 84.3 Å². The van der Waals surface area contributed by atoms with Gasteiger partial charge in [0.25, 0.3) is 5.56 Å². The number of hydrogen-bond acceptors (Lipinski definition) is 14. The summed E-state index contributed by atoms with van der Waals surface area (Å²) in [6, 6.07) is 14.7. The van der Waals surface area contributed by atoms with Crippen molar-refractivity contribution in [2.24, 2.45) is 28.2 Å². The van der Waals surface area contributed by atoms with Gasteiger partial charge in [0, 0.05) is 78.6 Å². The summed E-state index contributed by atoms with van der Waals surface area (Å²) in [5.41, 5.74) is 15.0. The number of ether oxygens (including phenoxy) is 2. The van der Waals surface area contributed by atoms with Crippen molar-refractivity contribution in [3.05, 3.63) is 127 Å². The third-order valence-electron chi connectivity index (χ3n) is 22.0. The van der Waals surface area contributed by atoms with Gasteiger partial charge in [0.05, 0.1) is 65.7 Å². The average Bonchev–Trinajstić information content (AvgIpc) is 1.57. The summed E-state index contributed by atoms with van der Waals surface area (Å²) in [7, 11) is 0. The van der Waals surface area contributed by atoms with E-state index in [0.717, 1.165) is 66.5 Å². The highest BCUT2D eigenvalue weighted by molar-refractivity contribution is 6.00. The maximum atomic E-state index is 15.7. The van der Waals surface area contributed by atoms with E-state index in [1.54, 1.807) is 13.8 Å². The number of carbonyl (C=O) groups is 9. The number of likely N-dealkylation sites (tertiary alicyclic amines) is 1. The number of aryl methyl sites for hydroxylation is 1. The Balaban J connectivity index is 0.652. The van der Waals surface area contributed by atoms with Crippen molar-refractivity contribution in [2.75, 3.05) is 31.1 Å². The molecule has 9 N–H and O–H groups in total. The molecule has 1 spiro atoms. The Morgan fingerprint density at radius 1 is 0.828 bits per heavy atom. The zero-order valence-corrected chi connectivity index (χ0v) is 57.6. The SMILES string of the molecule is CCC(C)(CCC(=O)NC(CC(N)=O)C(=O)NC(CC(N)=O)C(=O)NC1CCc2c(C)c(F)cc3nc4c(c1c23)Cn1c-4cc2c(c1=O)COC(=O)C2(O)CC)OCCC(C)(C)C(=O)N1CCC2(CCC(C(=O)NCCC(=O)N3Cc4ccccc4/C=C(/C)c4ccccc43)CC2)CC1. The van der Waals surface area contributed by atoms with Crippen molar-refractivity contribution < 1.29 is 62.1 Å². The molecule has 99 heavy (non-hydrogen) atoms. The molecule has 0 radical (unpaired) electrons. The minimum absolute atomic E-state index is 0.0184. The molecule has 5 unspecified atom stereocenters. The van der Waals surface area contributed by atoms with Gasteiger partial charge in [-0.05, 0) is 149 Å². The van der Waals surface area contributed by atoms with E-state index in [-0.39, 0.29) is 122 Å². The molecule has 4 aliphatic heterocycles. The highest BCUT2D eigenvalue weighted by Crippen LogP contribution is 2.49. The number of esters is 1. The Bertz CT molecular complexity index is 4200. The fourth-order valence-corrected chi connectivity index (χ4v) is 15.5. The number of hydrogen-bond donors (Lipinski definition) is 7. The zero-order chi connectivity index (χ0) is 71.0. The molecule has 6 aliphatic rings. The number of cyclic esters (lactones) is 1. The van der Waals surface area contributed by atoms with E-state index in [1.807, 2.05) is 80.0 Å². The molecule has 24 heteroatoms. The number of nitrogens with two attached hydrogens (primary N) is 2. The molecule has 5 aromatic rings. The van der Waals surface area contributed by atoms with Crippen molar-refractivity contribution in [3.8, 4) is 11.4 Å². The number of rotatable bonds is 23. The average molecular weight is 1360 g/mol. The number of aromatic nitrogens is 2. The predicted octanol–water partition coefficient (Wildman–Crippen LogP) is 7.15. The van der Waals surface area contributed by atoms with Gasteiger partial charge in [-0.3, -0.25) is 43.2 Å². The third kappa shape index (κ3) is 14.5. The van der Waals surface area contributed by atoms with Crippen LogP contribution in [0.3, 0.4) is 0 Å². The van der Waals surface area contributed by atoms with Crippen LogP contribution in [-0.4, -0.2) is 117 Å². The van der Waals surface area contributed by atoms with Gasteiger partial charge in [0.2, 0.25) is 47.3 Å². The number of amides is 8. The lowest BCUT2D eigenvalue weighted by Crippen LogP contribution is -2.56. The van der Waals surface area contributed by atoms with Crippen molar-refractivity contribution in [1.82, 2.24) is 35.7 Å². The molecule has 11 rings (SSSR count). The standard InChI is InChI=1S/C75H91FN10O13/c1-8-73(7,99-33-29-72(5,6)70(95)84-31-27-74(28-32-84)25-20-44(21-26-74)66(91)79-30-23-62(90)85-39-46-15-11-10-14-45(46)34-42(3)47-16-12-13-17-57(47)85)24-22-61(89)80-55(37-59(77)87)67(92)83-56(38-60(78)88)68(93)82-53-19-18-48-43(4)52(76)36-54-63(48)64(53)49-40-86-58(65(49)81-54)35-51-50(69(86)94)41-98-71(96)75(51,97)9-2/h10-17,34-36,44,53,55-56,97H,8-9,18-33,37-41H2,1-7H3,(H2,77,87)(H2,78,88)(H,79,91)(H,80,89)(H,82,93)(H,83,92)/b42-34-. The quantitative estimate of drug-likeness (QED) is 0.0314. The maximum absolute atomic E-state index is 15.7. The molecule has 2 aromatic heterocycles. The lowest BCUT2D eigenvalue weighted by molar-refractivity contribution is -0.172. The number of pyridine rings is 2.